The molecule has 126 valence electrons. The molecular formula is C16H22N2O5. The van der Waals surface area contributed by atoms with Crippen LogP contribution in [0.4, 0.5) is 0 Å². The van der Waals surface area contributed by atoms with Crippen LogP contribution in [-0.4, -0.2) is 66.9 Å². The zero-order valence-electron chi connectivity index (χ0n) is 13.2. The highest BCUT2D eigenvalue weighted by Gasteiger charge is 2.35. The van der Waals surface area contributed by atoms with Gasteiger partial charge in [-0.3, -0.25) is 9.59 Å². The summed E-state index contributed by atoms with van der Waals surface area (Å²) >= 11 is 0. The molecule has 7 heteroatoms. The van der Waals surface area contributed by atoms with Crippen molar-refractivity contribution < 1.29 is 24.2 Å². The first-order chi connectivity index (χ1) is 11.0. The third-order valence-electron chi connectivity index (χ3n) is 3.45. The average Bonchev–Trinajstić information content (AvgIpc) is 2.74. The predicted molar refractivity (Wildman–Crippen MR) is 83.0 cm³/mol. The molecule has 2 rings (SSSR count). The molecule has 1 saturated heterocycles. The van der Waals surface area contributed by atoms with Crippen LogP contribution in [0, 0.1) is 0 Å². The van der Waals surface area contributed by atoms with Gasteiger partial charge in [-0.2, -0.15) is 0 Å². The van der Waals surface area contributed by atoms with Gasteiger partial charge in [-0.05, 0) is 12.1 Å². The van der Waals surface area contributed by atoms with Crippen molar-refractivity contribution in [2.75, 3.05) is 39.5 Å². The van der Waals surface area contributed by atoms with Crippen LogP contribution < -0.4 is 10.1 Å². The number of carbonyl (C=O) groups excluding carboxylic acids is 2. The maximum absolute atomic E-state index is 12.1. The molecule has 23 heavy (non-hydrogen) atoms. The molecular weight excluding hydrogens is 300 g/mol. The van der Waals surface area contributed by atoms with E-state index in [4.69, 9.17) is 9.47 Å². The highest BCUT2D eigenvalue weighted by Crippen LogP contribution is 2.16. The SMILES string of the molecule is CC(=O)NCC(=O)N1CCOC[C@@](O)(COc2ccccc2)C1. The van der Waals surface area contributed by atoms with Gasteiger partial charge in [0.2, 0.25) is 11.8 Å². The Labute approximate surface area is 135 Å². The number of amides is 2. The molecule has 1 heterocycles. The summed E-state index contributed by atoms with van der Waals surface area (Å²) in [6, 6.07) is 9.14. The lowest BCUT2D eigenvalue weighted by Gasteiger charge is -2.30. The molecule has 1 aromatic carbocycles. The van der Waals surface area contributed by atoms with Gasteiger partial charge in [0, 0.05) is 13.5 Å². The van der Waals surface area contributed by atoms with Gasteiger partial charge in [0.05, 0.1) is 26.3 Å². The highest BCUT2D eigenvalue weighted by atomic mass is 16.5. The molecule has 0 bridgehead atoms. The minimum atomic E-state index is -1.29. The van der Waals surface area contributed by atoms with E-state index in [0.29, 0.717) is 18.9 Å². The second kappa shape index (κ2) is 7.94. The smallest absolute Gasteiger partial charge is 0.242 e. The summed E-state index contributed by atoms with van der Waals surface area (Å²) in [6.45, 7) is 2.16. The standard InChI is InChI=1S/C16H22N2O5/c1-13(19)17-9-15(20)18-7-8-22-11-16(21,10-18)12-23-14-5-3-2-4-6-14/h2-6,21H,7-12H2,1H3,(H,17,19)/t16-/m1/s1. The lowest BCUT2D eigenvalue weighted by Crippen LogP contribution is -2.52. The van der Waals surface area contributed by atoms with Crippen molar-refractivity contribution in [1.82, 2.24) is 10.2 Å². The van der Waals surface area contributed by atoms with Crippen LogP contribution in [0.2, 0.25) is 0 Å². The van der Waals surface area contributed by atoms with Crippen LogP contribution in [0.15, 0.2) is 30.3 Å². The summed E-state index contributed by atoms with van der Waals surface area (Å²) in [7, 11) is 0. The first-order valence-corrected chi connectivity index (χ1v) is 7.49. The number of nitrogens with zero attached hydrogens (tertiary/aromatic N) is 1. The Morgan fingerprint density at radius 3 is 2.83 bits per heavy atom. The number of ether oxygens (including phenoxy) is 2. The normalized spacial score (nSPS) is 21.4. The quantitative estimate of drug-likeness (QED) is 0.783. The van der Waals surface area contributed by atoms with Crippen LogP contribution in [-0.2, 0) is 14.3 Å². The van der Waals surface area contributed by atoms with Crippen LogP contribution >= 0.6 is 0 Å². The van der Waals surface area contributed by atoms with Gasteiger partial charge in [0.1, 0.15) is 18.0 Å². The number of hydrogen-bond acceptors (Lipinski definition) is 5. The van der Waals surface area contributed by atoms with Gasteiger partial charge < -0.3 is 24.8 Å². The molecule has 0 radical (unpaired) electrons. The van der Waals surface area contributed by atoms with Crippen molar-refractivity contribution in [1.29, 1.82) is 0 Å². The Balaban J connectivity index is 1.94. The van der Waals surface area contributed by atoms with E-state index in [0.717, 1.165) is 0 Å². The molecule has 1 aromatic rings. The maximum Gasteiger partial charge on any atom is 0.242 e. The number of para-hydroxylation sites is 1. The van der Waals surface area contributed by atoms with E-state index in [1.165, 1.54) is 11.8 Å². The number of β-amino-alcohol motifs (C(OH)–C–C–N with tert-alkyl or cyclic N) is 1. The van der Waals surface area contributed by atoms with E-state index in [1.807, 2.05) is 18.2 Å². The number of rotatable bonds is 5. The third-order valence-corrected chi connectivity index (χ3v) is 3.45. The predicted octanol–water partition coefficient (Wildman–Crippen LogP) is -0.209. The summed E-state index contributed by atoms with van der Waals surface area (Å²) in [5.41, 5.74) is -1.29. The highest BCUT2D eigenvalue weighted by molar-refractivity contribution is 5.83. The van der Waals surface area contributed by atoms with E-state index in [2.05, 4.69) is 5.32 Å². The third kappa shape index (κ3) is 5.54. The molecule has 2 N–H and O–H groups in total. The molecule has 7 nitrogen and oxygen atoms in total. The first kappa shape index (κ1) is 17.2. The number of aliphatic hydroxyl groups is 1. The molecule has 1 aliphatic rings. The van der Waals surface area contributed by atoms with Crippen molar-refractivity contribution >= 4 is 11.8 Å². The molecule has 0 aromatic heterocycles. The van der Waals surface area contributed by atoms with Crippen molar-refractivity contribution in [2.24, 2.45) is 0 Å². The molecule has 0 spiro atoms. The number of benzene rings is 1. The van der Waals surface area contributed by atoms with Crippen molar-refractivity contribution in [2.45, 2.75) is 12.5 Å². The Morgan fingerprint density at radius 1 is 1.39 bits per heavy atom. The van der Waals surface area contributed by atoms with Gasteiger partial charge in [0.15, 0.2) is 0 Å². The van der Waals surface area contributed by atoms with Crippen LogP contribution in [0.5, 0.6) is 5.75 Å². The van der Waals surface area contributed by atoms with Crippen molar-refractivity contribution in [3.8, 4) is 5.75 Å². The van der Waals surface area contributed by atoms with Gasteiger partial charge in [-0.1, -0.05) is 18.2 Å². The summed E-state index contributed by atoms with van der Waals surface area (Å²) in [6.07, 6.45) is 0. The molecule has 1 atom stereocenters. The number of carbonyl (C=O) groups is 2. The Morgan fingerprint density at radius 2 is 2.13 bits per heavy atom. The Bertz CT molecular complexity index is 537. The van der Waals surface area contributed by atoms with Gasteiger partial charge in [0.25, 0.3) is 0 Å². The molecule has 1 aliphatic heterocycles. The summed E-state index contributed by atoms with van der Waals surface area (Å²) in [5, 5.41) is 13.1. The largest absolute Gasteiger partial charge is 0.490 e. The van der Waals surface area contributed by atoms with E-state index in [9.17, 15) is 14.7 Å². The second-order valence-corrected chi connectivity index (χ2v) is 5.60. The maximum atomic E-state index is 12.1. The number of hydrogen-bond donors (Lipinski definition) is 2. The lowest BCUT2D eigenvalue weighted by molar-refractivity contribution is -0.135. The van der Waals surface area contributed by atoms with E-state index < -0.39 is 5.60 Å². The summed E-state index contributed by atoms with van der Waals surface area (Å²) < 4.78 is 11.0. The minimum absolute atomic E-state index is 0.0148. The van der Waals surface area contributed by atoms with Crippen molar-refractivity contribution in [3.05, 3.63) is 30.3 Å². The number of nitrogens with one attached hydrogen (secondary N) is 1. The van der Waals surface area contributed by atoms with Gasteiger partial charge in [-0.25, -0.2) is 0 Å². The molecule has 2 amide bonds. The Kier molecular flexibility index (Phi) is 5.95. The molecule has 0 unspecified atom stereocenters. The zero-order valence-corrected chi connectivity index (χ0v) is 13.2. The summed E-state index contributed by atoms with van der Waals surface area (Å²) in [5.74, 6) is 0.109. The monoisotopic (exact) mass is 322 g/mol. The fourth-order valence-electron chi connectivity index (χ4n) is 2.26. The van der Waals surface area contributed by atoms with Gasteiger partial charge in [-0.15, -0.1) is 0 Å². The van der Waals surface area contributed by atoms with E-state index in [-0.39, 0.29) is 38.1 Å². The molecule has 0 aliphatic carbocycles. The summed E-state index contributed by atoms with van der Waals surface area (Å²) in [4.78, 5) is 24.5. The fourth-order valence-corrected chi connectivity index (χ4v) is 2.26. The van der Waals surface area contributed by atoms with Crippen LogP contribution in [0.3, 0.4) is 0 Å². The second-order valence-electron chi connectivity index (χ2n) is 5.60. The Hall–Kier alpha value is -2.12. The average molecular weight is 322 g/mol. The first-order valence-electron chi connectivity index (χ1n) is 7.49. The zero-order chi connectivity index (χ0) is 16.7. The van der Waals surface area contributed by atoms with Crippen LogP contribution in [0.1, 0.15) is 6.92 Å². The van der Waals surface area contributed by atoms with Crippen molar-refractivity contribution in [3.63, 3.8) is 0 Å². The van der Waals surface area contributed by atoms with E-state index >= 15 is 0 Å². The topological polar surface area (TPSA) is 88.1 Å². The minimum Gasteiger partial charge on any atom is -0.490 e. The van der Waals surface area contributed by atoms with E-state index in [1.54, 1.807) is 12.1 Å². The van der Waals surface area contributed by atoms with Gasteiger partial charge >= 0.3 is 0 Å². The van der Waals surface area contributed by atoms with Crippen LogP contribution in [0.25, 0.3) is 0 Å². The fraction of sp³-hybridized carbons (Fsp3) is 0.500. The lowest BCUT2D eigenvalue weighted by atomic mass is 10.1. The molecule has 0 saturated carbocycles. The molecule has 1 fully saturated rings.